The van der Waals surface area contributed by atoms with Gasteiger partial charge in [-0.1, -0.05) is 18.2 Å². The number of imidazole rings is 1. The van der Waals surface area contributed by atoms with E-state index in [-0.39, 0.29) is 48.1 Å². The number of benzene rings is 2. The van der Waals surface area contributed by atoms with Crippen LogP contribution in [-0.2, 0) is 4.79 Å². The first-order valence-corrected chi connectivity index (χ1v) is 11.0. The predicted octanol–water partition coefficient (Wildman–Crippen LogP) is 2.07. The van der Waals surface area contributed by atoms with Crippen molar-refractivity contribution in [3.05, 3.63) is 83.2 Å². The molecule has 172 valence electrons. The summed E-state index contributed by atoms with van der Waals surface area (Å²) in [5.74, 6) is 0.518. The number of ether oxygens (including phenoxy) is 1. The van der Waals surface area contributed by atoms with Crippen molar-refractivity contribution >= 4 is 12.0 Å². The molecule has 2 saturated heterocycles. The molecule has 0 spiro atoms. The summed E-state index contributed by atoms with van der Waals surface area (Å²) >= 11 is 0. The van der Waals surface area contributed by atoms with Crippen molar-refractivity contribution in [2.75, 3.05) is 7.11 Å². The van der Waals surface area contributed by atoms with Crippen LogP contribution < -0.4 is 23.6 Å². The van der Waals surface area contributed by atoms with Crippen LogP contribution in [0.5, 0.6) is 5.75 Å². The summed E-state index contributed by atoms with van der Waals surface area (Å²) < 4.78 is 21.3. The molecular weight excluding hydrogens is 428 g/mol. The van der Waals surface area contributed by atoms with Gasteiger partial charge in [0.05, 0.1) is 30.9 Å². The van der Waals surface area contributed by atoms with Crippen molar-refractivity contribution in [2.45, 2.75) is 44.7 Å². The van der Waals surface area contributed by atoms with E-state index in [2.05, 4.69) is 4.98 Å². The third-order valence-electron chi connectivity index (χ3n) is 6.53. The monoisotopic (exact) mass is 455 g/mol. The summed E-state index contributed by atoms with van der Waals surface area (Å²) in [6, 6.07) is 12.7. The number of rotatable bonds is 4. The molecule has 1 N–H and O–H groups in total. The average Bonchev–Trinajstić information content (AvgIpc) is 3.42. The Kier molecular flexibility index (Phi) is 8.04. The van der Waals surface area contributed by atoms with Crippen molar-refractivity contribution in [3.63, 3.8) is 0 Å². The number of amides is 1. The van der Waals surface area contributed by atoms with Crippen LogP contribution in [0.2, 0.25) is 0 Å². The fourth-order valence-corrected chi connectivity index (χ4v) is 5.00. The average molecular weight is 455 g/mol. The number of piperidine rings is 1. The molecule has 5 rings (SSSR count). The van der Waals surface area contributed by atoms with E-state index in [0.29, 0.717) is 0 Å². The van der Waals surface area contributed by atoms with Gasteiger partial charge in [-0.05, 0) is 74.1 Å². The van der Waals surface area contributed by atoms with Crippen LogP contribution in [0.3, 0.4) is 0 Å². The Hall–Kier alpha value is -2.85. The second-order valence-electron chi connectivity index (χ2n) is 8.58. The molecule has 1 aromatic heterocycles. The Morgan fingerprint density at radius 3 is 2.68 bits per heavy atom. The zero-order chi connectivity index (χ0) is 22.2. The molecule has 2 atom stereocenters. The van der Waals surface area contributed by atoms with Gasteiger partial charge in [-0.2, -0.15) is 0 Å². The number of carbonyl (C=O) groups is 1. The summed E-state index contributed by atoms with van der Waals surface area (Å²) in [6.45, 7) is 1.94. The van der Waals surface area contributed by atoms with Gasteiger partial charge in [0.15, 0.2) is 0 Å². The van der Waals surface area contributed by atoms with E-state index in [4.69, 9.17) is 4.74 Å². The van der Waals surface area contributed by atoms with Crippen LogP contribution in [0, 0.1) is 12.7 Å². The molecular formula is C26H27FLiN3O3. The molecule has 0 aliphatic carbocycles. The minimum Gasteiger partial charge on any atom is -0.870 e. The largest absolute Gasteiger partial charge is 1.00 e. The molecule has 3 aromatic rings. The molecule has 0 unspecified atom stereocenters. The van der Waals surface area contributed by atoms with Gasteiger partial charge in [0.25, 0.3) is 5.91 Å². The van der Waals surface area contributed by atoms with E-state index in [0.717, 1.165) is 59.5 Å². The topological polar surface area (TPSA) is 77.4 Å². The number of nitrogens with zero attached hydrogens (tertiary/aromatic N) is 3. The Labute approximate surface area is 210 Å². The van der Waals surface area contributed by atoms with Crippen molar-refractivity contribution < 1.29 is 38.3 Å². The summed E-state index contributed by atoms with van der Waals surface area (Å²) in [5, 5.41) is 0. The number of methoxy groups -OCH3 is 1. The summed E-state index contributed by atoms with van der Waals surface area (Å²) in [7, 11) is 1.64. The van der Waals surface area contributed by atoms with Gasteiger partial charge in [0.1, 0.15) is 11.6 Å². The summed E-state index contributed by atoms with van der Waals surface area (Å²) in [5.41, 5.74) is 4.42. The normalized spacial score (nSPS) is 20.5. The second kappa shape index (κ2) is 10.6. The molecule has 2 aromatic carbocycles. The quantitative estimate of drug-likeness (QED) is 0.446. The van der Waals surface area contributed by atoms with Crippen LogP contribution in [0.1, 0.15) is 48.5 Å². The van der Waals surface area contributed by atoms with E-state index in [1.807, 2.05) is 52.9 Å². The number of aromatic nitrogens is 2. The Balaban J connectivity index is 0.00000162. The van der Waals surface area contributed by atoms with Crippen LogP contribution in [0.15, 0.2) is 60.6 Å². The molecule has 34 heavy (non-hydrogen) atoms. The molecule has 0 saturated carbocycles. The fraction of sp³-hybridized carbons (Fsp3) is 0.308. The van der Waals surface area contributed by atoms with Crippen LogP contribution in [0.4, 0.5) is 4.39 Å². The van der Waals surface area contributed by atoms with Crippen LogP contribution in [-0.4, -0.2) is 39.0 Å². The molecule has 6 nitrogen and oxygen atoms in total. The minimum atomic E-state index is -0.258. The molecule has 3 heterocycles. The zero-order valence-corrected chi connectivity index (χ0v) is 19.7. The third kappa shape index (κ3) is 4.83. The second-order valence-corrected chi connectivity index (χ2v) is 8.58. The van der Waals surface area contributed by atoms with Gasteiger partial charge in [-0.3, -0.25) is 4.79 Å². The Bertz CT molecular complexity index is 1210. The van der Waals surface area contributed by atoms with E-state index < -0.39 is 0 Å². The van der Waals surface area contributed by atoms with Crippen molar-refractivity contribution in [3.8, 4) is 11.4 Å². The van der Waals surface area contributed by atoms with Gasteiger partial charge >= 0.3 is 18.9 Å². The minimum absolute atomic E-state index is 0. The van der Waals surface area contributed by atoms with Crippen molar-refractivity contribution in [1.82, 2.24) is 14.5 Å². The molecule has 2 aliphatic rings. The third-order valence-corrected chi connectivity index (χ3v) is 6.53. The molecule has 8 heteroatoms. The Morgan fingerprint density at radius 2 is 1.97 bits per heavy atom. The number of halogens is 1. The SMILES string of the molecule is COc1cc(C=C2CC[C@H]3CC[C@@H](c4cccc(F)c4)N3C2=O)ccc1-n1cnc(C)c1.[Li+].[OH-]. The predicted molar refractivity (Wildman–Crippen MR) is 123 cm³/mol. The molecule has 2 fully saturated rings. The fourth-order valence-electron chi connectivity index (χ4n) is 5.00. The first kappa shape index (κ1) is 25.8. The zero-order valence-electron chi connectivity index (χ0n) is 19.7. The van der Waals surface area contributed by atoms with Gasteiger partial charge in [-0.15, -0.1) is 0 Å². The van der Waals surface area contributed by atoms with Crippen LogP contribution >= 0.6 is 0 Å². The number of hydrogen-bond donors (Lipinski definition) is 0. The van der Waals surface area contributed by atoms with E-state index >= 15 is 0 Å². The Morgan fingerprint density at radius 1 is 1.15 bits per heavy atom. The summed E-state index contributed by atoms with van der Waals surface area (Å²) in [6.07, 6.45) is 9.20. The van der Waals surface area contributed by atoms with Gasteiger partial charge < -0.3 is 19.7 Å². The maximum Gasteiger partial charge on any atom is 1.00 e. The number of aryl methyl sites for hydroxylation is 1. The molecule has 0 bridgehead atoms. The number of hydrogen-bond acceptors (Lipinski definition) is 4. The molecule has 0 radical (unpaired) electrons. The van der Waals surface area contributed by atoms with Gasteiger partial charge in [-0.25, -0.2) is 9.37 Å². The maximum absolute atomic E-state index is 13.8. The van der Waals surface area contributed by atoms with Gasteiger partial charge in [0, 0.05) is 17.8 Å². The van der Waals surface area contributed by atoms with Crippen molar-refractivity contribution in [1.29, 1.82) is 0 Å². The molecule has 1 amide bonds. The van der Waals surface area contributed by atoms with Crippen molar-refractivity contribution in [2.24, 2.45) is 0 Å². The first-order chi connectivity index (χ1) is 15.5. The summed E-state index contributed by atoms with van der Waals surface area (Å²) in [4.78, 5) is 19.7. The van der Waals surface area contributed by atoms with E-state index in [1.165, 1.54) is 6.07 Å². The van der Waals surface area contributed by atoms with Gasteiger partial charge in [0.2, 0.25) is 0 Å². The maximum atomic E-state index is 13.8. The standard InChI is InChI=1S/C26H26FN3O2.Li.H2O/c1-17-15-29(16-28-17)24-10-6-18(13-25(24)32-2)12-20-7-8-22-9-11-23(30(22)26(20)31)19-4-3-5-21(27)14-19;;/h3-6,10,12-16,22-23H,7-9,11H2,1-2H3;;1H2/q;+1;/p-1/t22-,23-;;/m0../s1. The number of fused-ring (bicyclic) bond motifs is 1. The first-order valence-electron chi connectivity index (χ1n) is 11.0. The smallest absolute Gasteiger partial charge is 0.870 e. The van der Waals surface area contributed by atoms with E-state index in [1.54, 1.807) is 25.6 Å². The molecule has 2 aliphatic heterocycles. The van der Waals surface area contributed by atoms with E-state index in [9.17, 15) is 9.18 Å². The van der Waals surface area contributed by atoms with Crippen LogP contribution in [0.25, 0.3) is 11.8 Å². The number of carbonyl (C=O) groups excluding carboxylic acids is 1.